The molecule has 3 rings (SSSR count). The number of hydrogen-bond acceptors (Lipinski definition) is 4. The maximum Gasteiger partial charge on any atom is 0.231 e. The highest BCUT2D eigenvalue weighted by Gasteiger charge is 2.16. The molecule has 0 amide bonds. The van der Waals surface area contributed by atoms with Crippen LogP contribution in [0.25, 0.3) is 0 Å². The van der Waals surface area contributed by atoms with E-state index in [1.165, 1.54) is 18.2 Å². The quantitative estimate of drug-likeness (QED) is 0.806. The summed E-state index contributed by atoms with van der Waals surface area (Å²) in [4.78, 5) is 4.26. The van der Waals surface area contributed by atoms with E-state index in [-0.39, 0.29) is 11.8 Å². The summed E-state index contributed by atoms with van der Waals surface area (Å²) in [6, 6.07) is 7.77. The van der Waals surface area contributed by atoms with Gasteiger partial charge in [0.15, 0.2) is 11.5 Å². The van der Waals surface area contributed by atoms with Gasteiger partial charge in [-0.05, 0) is 24.3 Å². The maximum absolute atomic E-state index is 13.1. The summed E-state index contributed by atoms with van der Waals surface area (Å²) < 4.78 is 29.0. The Morgan fingerprint density at radius 1 is 1.24 bits per heavy atom. The van der Waals surface area contributed by atoms with Crippen LogP contribution in [0.3, 0.4) is 0 Å². The molecule has 0 unspecified atom stereocenters. The van der Waals surface area contributed by atoms with Gasteiger partial charge in [-0.1, -0.05) is 11.6 Å². The van der Waals surface area contributed by atoms with Gasteiger partial charge in [0.25, 0.3) is 0 Å². The smallest absolute Gasteiger partial charge is 0.231 e. The largest absolute Gasteiger partial charge is 0.496 e. The lowest BCUT2D eigenvalue weighted by Crippen LogP contribution is -1.92. The molecule has 21 heavy (non-hydrogen) atoms. The molecule has 0 aliphatic carbocycles. The third-order valence-electron chi connectivity index (χ3n) is 2.98. The number of rotatable bonds is 3. The van der Waals surface area contributed by atoms with Crippen molar-refractivity contribution in [2.75, 3.05) is 13.9 Å². The SMILES string of the molecule is COc1cc2c(cc1C=Nc1ccc(F)c(Cl)c1)OCO2. The summed E-state index contributed by atoms with van der Waals surface area (Å²) >= 11 is 5.72. The molecule has 0 spiro atoms. The molecule has 0 bridgehead atoms. The van der Waals surface area contributed by atoms with Gasteiger partial charge in [-0.25, -0.2) is 4.39 Å². The zero-order chi connectivity index (χ0) is 14.8. The van der Waals surface area contributed by atoms with Gasteiger partial charge in [0.2, 0.25) is 6.79 Å². The molecule has 0 atom stereocenters. The van der Waals surface area contributed by atoms with Gasteiger partial charge < -0.3 is 14.2 Å². The Labute approximate surface area is 125 Å². The number of benzene rings is 2. The highest BCUT2D eigenvalue weighted by atomic mass is 35.5. The van der Waals surface area contributed by atoms with Crippen molar-refractivity contribution in [1.82, 2.24) is 0 Å². The molecule has 0 aromatic heterocycles. The Hall–Kier alpha value is -2.27. The Bertz CT molecular complexity index is 718. The molecular weight excluding hydrogens is 297 g/mol. The molecule has 108 valence electrons. The molecule has 0 fully saturated rings. The minimum atomic E-state index is -0.476. The summed E-state index contributed by atoms with van der Waals surface area (Å²) in [6.45, 7) is 0.187. The normalized spacial score (nSPS) is 12.9. The highest BCUT2D eigenvalue weighted by molar-refractivity contribution is 6.31. The van der Waals surface area contributed by atoms with E-state index in [0.717, 1.165) is 5.56 Å². The summed E-state index contributed by atoms with van der Waals surface area (Å²) in [6.07, 6.45) is 1.60. The number of halogens is 2. The molecule has 0 saturated carbocycles. The van der Waals surface area contributed by atoms with Crippen LogP contribution in [0.5, 0.6) is 17.2 Å². The second-order valence-corrected chi connectivity index (χ2v) is 4.71. The summed E-state index contributed by atoms with van der Waals surface area (Å²) in [5.74, 6) is 1.40. The highest BCUT2D eigenvalue weighted by Crippen LogP contribution is 2.37. The van der Waals surface area contributed by atoms with Crippen LogP contribution in [0.1, 0.15) is 5.56 Å². The zero-order valence-electron chi connectivity index (χ0n) is 11.1. The average Bonchev–Trinajstić information content (AvgIpc) is 2.94. The molecule has 2 aromatic carbocycles. The first-order chi connectivity index (χ1) is 10.2. The standard InChI is InChI=1S/C15H11ClFNO3/c1-19-13-6-15-14(20-8-21-15)4-9(13)7-18-10-2-3-12(17)11(16)5-10/h2-7H,8H2,1H3. The van der Waals surface area contributed by atoms with Crippen LogP contribution in [0.4, 0.5) is 10.1 Å². The minimum Gasteiger partial charge on any atom is -0.496 e. The first-order valence-corrected chi connectivity index (χ1v) is 6.52. The number of ether oxygens (including phenoxy) is 3. The Kier molecular flexibility index (Phi) is 3.66. The van der Waals surface area contributed by atoms with E-state index in [1.807, 2.05) is 0 Å². The Morgan fingerprint density at radius 2 is 2.00 bits per heavy atom. The zero-order valence-corrected chi connectivity index (χ0v) is 11.9. The lowest BCUT2D eigenvalue weighted by molar-refractivity contribution is 0.174. The van der Waals surface area contributed by atoms with Crippen molar-refractivity contribution >= 4 is 23.5 Å². The van der Waals surface area contributed by atoms with Crippen LogP contribution in [-0.2, 0) is 0 Å². The van der Waals surface area contributed by atoms with Crippen molar-refractivity contribution in [2.45, 2.75) is 0 Å². The third-order valence-corrected chi connectivity index (χ3v) is 3.27. The van der Waals surface area contributed by atoms with Gasteiger partial charge in [0.05, 0.1) is 17.8 Å². The lowest BCUT2D eigenvalue weighted by atomic mass is 10.2. The molecule has 4 nitrogen and oxygen atoms in total. The van der Waals surface area contributed by atoms with Gasteiger partial charge in [-0.2, -0.15) is 0 Å². The second kappa shape index (κ2) is 5.61. The van der Waals surface area contributed by atoms with Crippen LogP contribution in [0.2, 0.25) is 5.02 Å². The fourth-order valence-corrected chi connectivity index (χ4v) is 2.10. The predicted molar refractivity (Wildman–Crippen MR) is 77.8 cm³/mol. The van der Waals surface area contributed by atoms with Gasteiger partial charge in [-0.15, -0.1) is 0 Å². The molecule has 0 saturated heterocycles. The fourth-order valence-electron chi connectivity index (χ4n) is 1.93. The Morgan fingerprint density at radius 3 is 2.71 bits per heavy atom. The number of fused-ring (bicyclic) bond motifs is 1. The van der Waals surface area contributed by atoms with E-state index in [1.54, 1.807) is 25.5 Å². The molecule has 2 aromatic rings. The molecule has 1 aliphatic rings. The molecule has 1 heterocycles. The number of nitrogens with zero attached hydrogens (tertiary/aromatic N) is 1. The van der Waals surface area contributed by atoms with Crippen molar-refractivity contribution < 1.29 is 18.6 Å². The van der Waals surface area contributed by atoms with Gasteiger partial charge in [0.1, 0.15) is 11.6 Å². The fraction of sp³-hybridized carbons (Fsp3) is 0.133. The minimum absolute atomic E-state index is 0.0299. The Balaban J connectivity index is 1.93. The number of aliphatic imine (C=N–C) groups is 1. The van der Waals surface area contributed by atoms with E-state index in [0.29, 0.717) is 22.9 Å². The molecule has 1 aliphatic heterocycles. The molecule has 0 N–H and O–H groups in total. The number of hydrogen-bond donors (Lipinski definition) is 0. The van der Waals surface area contributed by atoms with Crippen LogP contribution >= 0.6 is 11.6 Å². The summed E-state index contributed by atoms with van der Waals surface area (Å²) in [5, 5.41) is 0.0299. The second-order valence-electron chi connectivity index (χ2n) is 4.30. The predicted octanol–water partition coefficient (Wildman–Crippen LogP) is 3.97. The van der Waals surface area contributed by atoms with Gasteiger partial charge >= 0.3 is 0 Å². The first kappa shape index (κ1) is 13.7. The summed E-state index contributed by atoms with van der Waals surface area (Å²) in [7, 11) is 1.56. The average molecular weight is 308 g/mol. The van der Waals surface area contributed by atoms with E-state index in [2.05, 4.69) is 4.99 Å². The third kappa shape index (κ3) is 2.78. The van der Waals surface area contributed by atoms with Crippen molar-refractivity contribution in [1.29, 1.82) is 0 Å². The van der Waals surface area contributed by atoms with Gasteiger partial charge in [-0.3, -0.25) is 4.99 Å². The van der Waals surface area contributed by atoms with Crippen molar-refractivity contribution in [3.8, 4) is 17.2 Å². The van der Waals surface area contributed by atoms with E-state index >= 15 is 0 Å². The topological polar surface area (TPSA) is 40.0 Å². The van der Waals surface area contributed by atoms with Crippen LogP contribution in [-0.4, -0.2) is 20.1 Å². The molecule has 0 radical (unpaired) electrons. The lowest BCUT2D eigenvalue weighted by Gasteiger charge is -2.06. The van der Waals surface area contributed by atoms with Crippen molar-refractivity contribution in [2.24, 2.45) is 4.99 Å². The van der Waals surface area contributed by atoms with E-state index < -0.39 is 5.82 Å². The first-order valence-electron chi connectivity index (χ1n) is 6.14. The van der Waals surface area contributed by atoms with Crippen molar-refractivity contribution in [3.05, 3.63) is 46.7 Å². The number of methoxy groups -OCH3 is 1. The maximum atomic E-state index is 13.1. The molecule has 6 heteroatoms. The molecular formula is C15H11ClFNO3. The van der Waals surface area contributed by atoms with Crippen LogP contribution in [0, 0.1) is 5.82 Å². The summed E-state index contributed by atoms with van der Waals surface area (Å²) in [5.41, 5.74) is 1.27. The van der Waals surface area contributed by atoms with Crippen LogP contribution in [0.15, 0.2) is 35.3 Å². The van der Waals surface area contributed by atoms with Crippen molar-refractivity contribution in [3.63, 3.8) is 0 Å². The van der Waals surface area contributed by atoms with E-state index in [9.17, 15) is 4.39 Å². The monoisotopic (exact) mass is 307 g/mol. The van der Waals surface area contributed by atoms with Crippen LogP contribution < -0.4 is 14.2 Å². The van der Waals surface area contributed by atoms with Gasteiger partial charge in [0, 0.05) is 17.8 Å². The van der Waals surface area contributed by atoms with E-state index in [4.69, 9.17) is 25.8 Å².